The summed E-state index contributed by atoms with van der Waals surface area (Å²) in [7, 11) is 1.49. The Morgan fingerprint density at radius 3 is 2.79 bits per heavy atom. The molecular formula is C18H18O6. The minimum Gasteiger partial charge on any atom is -0.495 e. The monoisotopic (exact) mass is 330 g/mol. The lowest BCUT2D eigenvalue weighted by atomic mass is 10.1. The number of rotatable bonds is 5. The fourth-order valence-electron chi connectivity index (χ4n) is 2.50. The molecule has 0 bridgehead atoms. The Labute approximate surface area is 137 Å². The van der Waals surface area contributed by atoms with E-state index in [9.17, 15) is 9.59 Å². The average molecular weight is 330 g/mol. The summed E-state index contributed by atoms with van der Waals surface area (Å²) in [5.74, 6) is 0.171. The van der Waals surface area contributed by atoms with Gasteiger partial charge < -0.3 is 18.3 Å². The molecule has 24 heavy (non-hydrogen) atoms. The summed E-state index contributed by atoms with van der Waals surface area (Å²) in [4.78, 5) is 24.2. The summed E-state index contributed by atoms with van der Waals surface area (Å²) in [5.41, 5.74) is 0.624. The summed E-state index contributed by atoms with van der Waals surface area (Å²) in [6.07, 6.45) is 2.21. The van der Waals surface area contributed by atoms with E-state index in [1.54, 1.807) is 19.1 Å². The first-order chi connectivity index (χ1) is 11.5. The van der Waals surface area contributed by atoms with Gasteiger partial charge in [-0.15, -0.1) is 0 Å². The first-order valence-electron chi connectivity index (χ1n) is 7.72. The quantitative estimate of drug-likeness (QED) is 0.665. The van der Waals surface area contributed by atoms with Gasteiger partial charge in [-0.3, -0.25) is 9.59 Å². The maximum absolute atomic E-state index is 12.5. The zero-order chi connectivity index (χ0) is 17.3. The van der Waals surface area contributed by atoms with Crippen molar-refractivity contribution in [1.29, 1.82) is 0 Å². The minimum absolute atomic E-state index is 0.0904. The fourth-order valence-corrected chi connectivity index (χ4v) is 2.50. The molecule has 0 N–H and O–H groups in total. The molecule has 3 rings (SSSR count). The highest BCUT2D eigenvalue weighted by Crippen LogP contribution is 2.33. The normalized spacial score (nSPS) is 12.5. The molecule has 3 aromatic rings. The first-order valence-corrected chi connectivity index (χ1v) is 7.72. The van der Waals surface area contributed by atoms with E-state index in [1.165, 1.54) is 19.4 Å². The number of methoxy groups -OCH3 is 1. The number of furan rings is 1. The second kappa shape index (κ2) is 6.39. The second-order valence-electron chi connectivity index (χ2n) is 5.61. The Balaban J connectivity index is 2.02. The van der Waals surface area contributed by atoms with Crippen molar-refractivity contribution in [2.75, 3.05) is 7.11 Å². The third-order valence-electron chi connectivity index (χ3n) is 4.03. The lowest BCUT2D eigenvalue weighted by molar-refractivity contribution is -0.149. The molecule has 0 spiro atoms. The molecule has 0 unspecified atom stereocenters. The van der Waals surface area contributed by atoms with Gasteiger partial charge in [0.05, 0.1) is 24.7 Å². The van der Waals surface area contributed by atoms with Gasteiger partial charge in [0.2, 0.25) is 0 Å². The number of esters is 1. The Bertz CT molecular complexity index is 949. The van der Waals surface area contributed by atoms with Gasteiger partial charge in [0.1, 0.15) is 34.7 Å². The van der Waals surface area contributed by atoms with Crippen LogP contribution < -0.4 is 10.2 Å². The smallest absolute Gasteiger partial charge is 0.309 e. The number of carbonyl (C=O) groups excluding carboxylic acids is 1. The molecule has 0 aliphatic heterocycles. The molecular weight excluding hydrogens is 312 g/mol. The fraction of sp³-hybridized carbons (Fsp3) is 0.333. The molecule has 6 nitrogen and oxygen atoms in total. The molecule has 6 heteroatoms. The summed E-state index contributed by atoms with van der Waals surface area (Å²) >= 11 is 0. The molecule has 0 fully saturated rings. The van der Waals surface area contributed by atoms with Gasteiger partial charge in [0.15, 0.2) is 5.43 Å². The van der Waals surface area contributed by atoms with Crippen LogP contribution in [0.5, 0.6) is 5.75 Å². The van der Waals surface area contributed by atoms with Gasteiger partial charge in [-0.05, 0) is 12.5 Å². The molecule has 0 aliphatic carbocycles. The molecule has 0 saturated carbocycles. The van der Waals surface area contributed by atoms with Crippen molar-refractivity contribution < 1.29 is 23.1 Å². The molecule has 1 atom stereocenters. The highest BCUT2D eigenvalue weighted by molar-refractivity contribution is 6.01. The molecule has 1 aromatic carbocycles. The number of fused-ring (bicyclic) bond motifs is 2. The van der Waals surface area contributed by atoms with Crippen molar-refractivity contribution in [3.8, 4) is 5.75 Å². The van der Waals surface area contributed by atoms with Crippen LogP contribution in [0.15, 0.2) is 38.1 Å². The maximum Gasteiger partial charge on any atom is 0.309 e. The van der Waals surface area contributed by atoms with E-state index in [0.717, 1.165) is 0 Å². The topological polar surface area (TPSA) is 78.9 Å². The molecule has 126 valence electrons. The Kier molecular flexibility index (Phi) is 4.29. The van der Waals surface area contributed by atoms with Gasteiger partial charge in [0, 0.05) is 12.1 Å². The van der Waals surface area contributed by atoms with E-state index in [2.05, 4.69) is 0 Å². The molecule has 2 heterocycles. The standard InChI is InChI=1S/C18H18O6/c1-4-10(2)18(20)23-9-11-7-13(19)16-15(24-11)8-14-12(5-6-22-14)17(16)21-3/h5-8,10H,4,9H2,1-3H3/t10-/m1/s1. The lowest BCUT2D eigenvalue weighted by Crippen LogP contribution is -2.14. The van der Waals surface area contributed by atoms with Gasteiger partial charge >= 0.3 is 5.97 Å². The predicted molar refractivity (Wildman–Crippen MR) is 88.1 cm³/mol. The van der Waals surface area contributed by atoms with Gasteiger partial charge in [-0.2, -0.15) is 0 Å². The molecule has 0 amide bonds. The Hall–Kier alpha value is -2.76. The SMILES string of the molecule is CC[C@@H](C)C(=O)OCc1cc(=O)c2c(OC)c3ccoc3cc2o1. The zero-order valence-electron chi connectivity index (χ0n) is 13.8. The van der Waals surface area contributed by atoms with Crippen LogP contribution in [0.25, 0.3) is 21.9 Å². The van der Waals surface area contributed by atoms with Crippen LogP contribution in [0.2, 0.25) is 0 Å². The average Bonchev–Trinajstić information content (AvgIpc) is 3.04. The van der Waals surface area contributed by atoms with E-state index in [1.807, 2.05) is 6.92 Å². The van der Waals surface area contributed by atoms with Crippen LogP contribution in [0.4, 0.5) is 0 Å². The number of carbonyl (C=O) groups is 1. The van der Waals surface area contributed by atoms with Gasteiger partial charge in [0.25, 0.3) is 0 Å². The Morgan fingerprint density at radius 2 is 2.08 bits per heavy atom. The number of hydrogen-bond donors (Lipinski definition) is 0. The number of hydrogen-bond acceptors (Lipinski definition) is 6. The van der Waals surface area contributed by atoms with Crippen molar-refractivity contribution in [2.24, 2.45) is 5.92 Å². The highest BCUT2D eigenvalue weighted by Gasteiger charge is 2.17. The number of ether oxygens (including phenoxy) is 2. The number of benzene rings is 1. The van der Waals surface area contributed by atoms with Crippen LogP contribution in [-0.2, 0) is 16.1 Å². The maximum atomic E-state index is 12.5. The molecule has 2 aromatic heterocycles. The third-order valence-corrected chi connectivity index (χ3v) is 4.03. The van der Waals surface area contributed by atoms with Crippen molar-refractivity contribution >= 4 is 27.9 Å². The summed E-state index contributed by atoms with van der Waals surface area (Å²) in [6, 6.07) is 4.68. The van der Waals surface area contributed by atoms with E-state index in [-0.39, 0.29) is 29.7 Å². The van der Waals surface area contributed by atoms with Crippen LogP contribution in [0.1, 0.15) is 26.0 Å². The lowest BCUT2D eigenvalue weighted by Gasteiger charge is -2.10. The second-order valence-corrected chi connectivity index (χ2v) is 5.61. The van der Waals surface area contributed by atoms with Crippen LogP contribution >= 0.6 is 0 Å². The van der Waals surface area contributed by atoms with Crippen molar-refractivity contribution in [3.05, 3.63) is 40.4 Å². The van der Waals surface area contributed by atoms with E-state index in [4.69, 9.17) is 18.3 Å². The molecule has 0 saturated heterocycles. The minimum atomic E-state index is -0.320. The van der Waals surface area contributed by atoms with E-state index < -0.39 is 0 Å². The summed E-state index contributed by atoms with van der Waals surface area (Å²) in [6.45, 7) is 3.60. The zero-order valence-corrected chi connectivity index (χ0v) is 13.8. The van der Waals surface area contributed by atoms with Crippen LogP contribution in [0, 0.1) is 5.92 Å². The third kappa shape index (κ3) is 2.75. The van der Waals surface area contributed by atoms with Crippen molar-refractivity contribution in [2.45, 2.75) is 26.9 Å². The summed E-state index contributed by atoms with van der Waals surface area (Å²) in [5, 5.41) is 1.04. The largest absolute Gasteiger partial charge is 0.495 e. The highest BCUT2D eigenvalue weighted by atomic mass is 16.5. The van der Waals surface area contributed by atoms with Crippen LogP contribution in [-0.4, -0.2) is 13.1 Å². The van der Waals surface area contributed by atoms with Crippen LogP contribution in [0.3, 0.4) is 0 Å². The van der Waals surface area contributed by atoms with Gasteiger partial charge in [-0.25, -0.2) is 0 Å². The van der Waals surface area contributed by atoms with Crippen molar-refractivity contribution in [1.82, 2.24) is 0 Å². The first kappa shape index (κ1) is 16.1. The predicted octanol–water partition coefficient (Wildman–Crippen LogP) is 3.64. The summed E-state index contributed by atoms with van der Waals surface area (Å²) < 4.78 is 21.6. The molecule has 0 aliphatic rings. The molecule has 0 radical (unpaired) electrons. The van der Waals surface area contributed by atoms with Crippen molar-refractivity contribution in [3.63, 3.8) is 0 Å². The Morgan fingerprint density at radius 1 is 1.29 bits per heavy atom. The van der Waals surface area contributed by atoms with E-state index >= 15 is 0 Å². The van der Waals surface area contributed by atoms with E-state index in [0.29, 0.717) is 34.1 Å². The van der Waals surface area contributed by atoms with Gasteiger partial charge in [-0.1, -0.05) is 13.8 Å².